The molecule has 0 aromatic carbocycles. The molecule has 1 aromatic heterocycles. The van der Waals surface area contributed by atoms with Crippen molar-refractivity contribution in [2.45, 2.75) is 44.7 Å². The minimum atomic E-state index is -2.66. The van der Waals surface area contributed by atoms with Crippen molar-refractivity contribution in [2.75, 3.05) is 26.8 Å². The van der Waals surface area contributed by atoms with Crippen LogP contribution in [-0.4, -0.2) is 58.4 Å². The van der Waals surface area contributed by atoms with Gasteiger partial charge in [0.25, 0.3) is 5.92 Å². The Labute approximate surface area is 134 Å². The van der Waals surface area contributed by atoms with E-state index < -0.39 is 5.92 Å². The molecule has 0 spiro atoms. The molecule has 0 radical (unpaired) electrons. The zero-order valence-electron chi connectivity index (χ0n) is 13.5. The highest BCUT2D eigenvalue weighted by Crippen LogP contribution is 2.27. The first-order valence-corrected chi connectivity index (χ1v) is 7.73. The van der Waals surface area contributed by atoms with E-state index in [9.17, 15) is 13.6 Å². The Morgan fingerprint density at radius 1 is 1.48 bits per heavy atom. The normalized spacial score (nSPS) is 18.7. The maximum Gasteiger partial charge on any atom is 0.317 e. The van der Waals surface area contributed by atoms with Crippen LogP contribution in [0.25, 0.3) is 0 Å². The predicted octanol–water partition coefficient (Wildman–Crippen LogP) is 1.82. The maximum atomic E-state index is 13.1. The van der Waals surface area contributed by atoms with Crippen LogP contribution >= 0.6 is 0 Å². The molecular weight excluding hydrogens is 308 g/mol. The summed E-state index contributed by atoms with van der Waals surface area (Å²) in [5, 5.41) is 10.7. The van der Waals surface area contributed by atoms with Crippen LogP contribution in [-0.2, 0) is 11.3 Å². The highest BCUT2D eigenvalue weighted by Gasteiger charge is 2.35. The lowest BCUT2D eigenvalue weighted by Gasteiger charge is -2.32. The summed E-state index contributed by atoms with van der Waals surface area (Å²) in [5.41, 5.74) is 0. The van der Waals surface area contributed by atoms with E-state index in [4.69, 9.17) is 4.74 Å². The van der Waals surface area contributed by atoms with E-state index in [2.05, 4.69) is 15.5 Å². The van der Waals surface area contributed by atoms with Crippen LogP contribution in [0.5, 0.6) is 0 Å². The molecule has 0 aliphatic carbocycles. The number of hydrogen-bond acceptors (Lipinski definition) is 4. The number of carbonyl (C=O) groups excluding carboxylic acids is 1. The van der Waals surface area contributed by atoms with Crippen LogP contribution in [0.15, 0.2) is 6.33 Å². The molecule has 1 atom stereocenters. The van der Waals surface area contributed by atoms with Gasteiger partial charge in [-0.25, -0.2) is 13.6 Å². The number of likely N-dealkylation sites (tertiary alicyclic amines) is 1. The molecule has 1 aliphatic heterocycles. The Balaban J connectivity index is 1.88. The SMILES string of the molecule is COCCCn1cnnc1[C@@H](C)NC(=O)N1CCC(F)(F)CC1. The predicted molar refractivity (Wildman–Crippen MR) is 79.2 cm³/mol. The maximum absolute atomic E-state index is 13.1. The minimum absolute atomic E-state index is 0.0616. The highest BCUT2D eigenvalue weighted by molar-refractivity contribution is 5.74. The van der Waals surface area contributed by atoms with Crippen molar-refractivity contribution in [3.63, 3.8) is 0 Å². The molecule has 0 unspecified atom stereocenters. The molecule has 1 aromatic rings. The van der Waals surface area contributed by atoms with E-state index in [0.29, 0.717) is 19.0 Å². The van der Waals surface area contributed by atoms with E-state index in [0.717, 1.165) is 6.42 Å². The topological polar surface area (TPSA) is 72.3 Å². The van der Waals surface area contributed by atoms with Gasteiger partial charge < -0.3 is 19.5 Å². The van der Waals surface area contributed by atoms with Crippen molar-refractivity contribution >= 4 is 6.03 Å². The van der Waals surface area contributed by atoms with Gasteiger partial charge in [0.15, 0.2) is 5.82 Å². The smallest absolute Gasteiger partial charge is 0.317 e. The van der Waals surface area contributed by atoms with Gasteiger partial charge in [0, 0.05) is 46.2 Å². The number of methoxy groups -OCH3 is 1. The first-order chi connectivity index (χ1) is 10.9. The van der Waals surface area contributed by atoms with Crippen molar-refractivity contribution in [1.82, 2.24) is 25.0 Å². The van der Waals surface area contributed by atoms with Crippen molar-refractivity contribution in [2.24, 2.45) is 0 Å². The van der Waals surface area contributed by atoms with Gasteiger partial charge in [-0.15, -0.1) is 10.2 Å². The van der Waals surface area contributed by atoms with E-state index in [1.165, 1.54) is 4.90 Å². The van der Waals surface area contributed by atoms with Crippen molar-refractivity contribution in [3.05, 3.63) is 12.2 Å². The number of ether oxygens (including phenoxy) is 1. The zero-order chi connectivity index (χ0) is 16.9. The summed E-state index contributed by atoms with van der Waals surface area (Å²) < 4.78 is 33.1. The van der Waals surface area contributed by atoms with Crippen molar-refractivity contribution in [1.29, 1.82) is 0 Å². The van der Waals surface area contributed by atoms with Gasteiger partial charge in [-0.3, -0.25) is 0 Å². The molecule has 1 aliphatic rings. The highest BCUT2D eigenvalue weighted by atomic mass is 19.3. The fourth-order valence-corrected chi connectivity index (χ4v) is 2.53. The molecule has 0 saturated carbocycles. The molecule has 23 heavy (non-hydrogen) atoms. The summed E-state index contributed by atoms with van der Waals surface area (Å²) in [6.07, 6.45) is 1.84. The average molecular weight is 331 g/mol. The van der Waals surface area contributed by atoms with Gasteiger partial charge in [0.2, 0.25) is 0 Å². The van der Waals surface area contributed by atoms with Crippen molar-refractivity contribution in [3.8, 4) is 0 Å². The van der Waals surface area contributed by atoms with Crippen LogP contribution in [0.4, 0.5) is 13.6 Å². The lowest BCUT2D eigenvalue weighted by Crippen LogP contribution is -2.48. The van der Waals surface area contributed by atoms with Gasteiger partial charge in [0.05, 0.1) is 6.04 Å². The number of hydrogen-bond donors (Lipinski definition) is 1. The molecule has 1 N–H and O–H groups in total. The van der Waals surface area contributed by atoms with Crippen LogP contribution in [0.2, 0.25) is 0 Å². The second-order valence-corrected chi connectivity index (χ2v) is 5.74. The molecule has 0 bridgehead atoms. The molecule has 7 nitrogen and oxygen atoms in total. The first-order valence-electron chi connectivity index (χ1n) is 7.73. The van der Waals surface area contributed by atoms with E-state index >= 15 is 0 Å². The fourth-order valence-electron chi connectivity index (χ4n) is 2.53. The van der Waals surface area contributed by atoms with Gasteiger partial charge in [-0.1, -0.05) is 0 Å². The molecule has 2 rings (SSSR count). The van der Waals surface area contributed by atoms with Gasteiger partial charge in [0.1, 0.15) is 6.33 Å². The molecule has 2 heterocycles. The Bertz CT molecular complexity index is 513. The lowest BCUT2D eigenvalue weighted by molar-refractivity contribution is -0.0470. The number of rotatable bonds is 6. The summed E-state index contributed by atoms with van der Waals surface area (Å²) in [6, 6.07) is -0.700. The number of nitrogens with one attached hydrogen (secondary N) is 1. The van der Waals surface area contributed by atoms with Crippen molar-refractivity contribution < 1.29 is 18.3 Å². The number of aryl methyl sites for hydroxylation is 1. The Morgan fingerprint density at radius 3 is 2.83 bits per heavy atom. The van der Waals surface area contributed by atoms with Crippen LogP contribution in [0.1, 0.15) is 38.1 Å². The second kappa shape index (κ2) is 7.67. The van der Waals surface area contributed by atoms with Gasteiger partial charge in [-0.05, 0) is 13.3 Å². The number of halogens is 2. The average Bonchev–Trinajstić information content (AvgIpc) is 2.96. The Morgan fingerprint density at radius 2 is 2.17 bits per heavy atom. The number of carbonyl (C=O) groups is 1. The molecule has 130 valence electrons. The van der Waals surface area contributed by atoms with Crippen LogP contribution < -0.4 is 5.32 Å². The van der Waals surface area contributed by atoms with Crippen LogP contribution in [0.3, 0.4) is 0 Å². The summed E-state index contributed by atoms with van der Waals surface area (Å²) in [5.74, 6) is -2.03. The number of amides is 2. The molecule has 1 saturated heterocycles. The molecule has 9 heteroatoms. The summed E-state index contributed by atoms with van der Waals surface area (Å²) in [4.78, 5) is 13.6. The quantitative estimate of drug-likeness (QED) is 0.807. The van der Waals surface area contributed by atoms with E-state index in [1.807, 2.05) is 4.57 Å². The number of alkyl halides is 2. The molecule has 2 amide bonds. The third-order valence-corrected chi connectivity index (χ3v) is 3.90. The standard InChI is InChI=1S/C14H23F2N5O2/c1-11(12-19-17-10-21(12)6-3-9-23-2)18-13(22)20-7-4-14(15,16)5-8-20/h10-11H,3-9H2,1-2H3,(H,18,22)/t11-/m1/s1. The molecular formula is C14H23F2N5O2. The number of piperidine rings is 1. The fraction of sp³-hybridized carbons (Fsp3) is 0.786. The Hall–Kier alpha value is -1.77. The van der Waals surface area contributed by atoms with E-state index in [1.54, 1.807) is 20.4 Å². The Kier molecular flexibility index (Phi) is 5.86. The number of aromatic nitrogens is 3. The van der Waals surface area contributed by atoms with E-state index in [-0.39, 0.29) is 38.0 Å². The van der Waals surface area contributed by atoms with Gasteiger partial charge >= 0.3 is 6.03 Å². The van der Waals surface area contributed by atoms with Gasteiger partial charge in [-0.2, -0.15) is 0 Å². The van der Waals surface area contributed by atoms with Crippen LogP contribution in [0, 0.1) is 0 Å². The molecule has 1 fully saturated rings. The zero-order valence-corrected chi connectivity index (χ0v) is 13.5. The summed E-state index contributed by atoms with van der Waals surface area (Å²) in [7, 11) is 1.64. The summed E-state index contributed by atoms with van der Waals surface area (Å²) >= 11 is 0. The minimum Gasteiger partial charge on any atom is -0.385 e. The second-order valence-electron chi connectivity index (χ2n) is 5.74. The third kappa shape index (κ3) is 4.85. The largest absolute Gasteiger partial charge is 0.385 e. The lowest BCUT2D eigenvalue weighted by atomic mass is 10.1. The summed E-state index contributed by atoms with van der Waals surface area (Å²) in [6.45, 7) is 3.23. The number of nitrogens with zero attached hydrogens (tertiary/aromatic N) is 4. The third-order valence-electron chi connectivity index (χ3n) is 3.90. The number of urea groups is 1. The monoisotopic (exact) mass is 331 g/mol. The first kappa shape index (κ1) is 17.6.